The van der Waals surface area contributed by atoms with Gasteiger partial charge in [0, 0.05) is 17.2 Å². The molecule has 0 aromatic carbocycles. The Morgan fingerprint density at radius 3 is 1.76 bits per heavy atom. The minimum Gasteiger partial charge on any atom is -0.414 e. The van der Waals surface area contributed by atoms with Crippen molar-refractivity contribution in [1.29, 1.82) is 0 Å². The average Bonchev–Trinajstić information content (AvgIpc) is 2.41. The number of piperidine rings is 1. The van der Waals surface area contributed by atoms with E-state index in [1.54, 1.807) is 0 Å². The van der Waals surface area contributed by atoms with Crippen molar-refractivity contribution >= 4 is 8.32 Å². The molecule has 0 radical (unpaired) electrons. The molecule has 0 bridgehead atoms. The molecule has 1 aliphatic carbocycles. The summed E-state index contributed by atoms with van der Waals surface area (Å²) in [7, 11) is -1.74. The Morgan fingerprint density at radius 2 is 1.32 bits per heavy atom. The SMILES string of the molecule is CC1(C)CC(O[Si](C)(C)C(C)(C)C)CC(C)(C)N1OC1CCCCC1. The molecule has 2 fully saturated rings. The van der Waals surface area contributed by atoms with Crippen LogP contribution in [0.1, 0.15) is 93.4 Å². The first-order valence-electron chi connectivity index (χ1n) is 10.4. The van der Waals surface area contributed by atoms with Crippen molar-refractivity contribution < 1.29 is 9.26 Å². The summed E-state index contributed by atoms with van der Waals surface area (Å²) in [6.45, 7) is 21.1. The Bertz CT molecular complexity index is 429. The van der Waals surface area contributed by atoms with E-state index in [1.165, 1.54) is 32.1 Å². The fourth-order valence-electron chi connectivity index (χ4n) is 4.45. The Morgan fingerprint density at radius 1 is 0.840 bits per heavy atom. The summed E-state index contributed by atoms with van der Waals surface area (Å²) in [6, 6.07) is 0. The number of rotatable bonds is 4. The molecule has 4 heteroatoms. The van der Waals surface area contributed by atoms with Gasteiger partial charge in [0.15, 0.2) is 8.32 Å². The van der Waals surface area contributed by atoms with Crippen molar-refractivity contribution in [3.8, 4) is 0 Å². The number of hydrogen-bond donors (Lipinski definition) is 0. The van der Waals surface area contributed by atoms with Crippen molar-refractivity contribution in [2.24, 2.45) is 0 Å². The van der Waals surface area contributed by atoms with Gasteiger partial charge in [-0.15, -0.1) is 0 Å². The van der Waals surface area contributed by atoms with Crippen LogP contribution in [0.5, 0.6) is 0 Å². The van der Waals surface area contributed by atoms with Gasteiger partial charge in [-0.1, -0.05) is 40.0 Å². The summed E-state index contributed by atoms with van der Waals surface area (Å²) in [5.74, 6) is 0. The van der Waals surface area contributed by atoms with Crippen LogP contribution in [0.2, 0.25) is 18.1 Å². The van der Waals surface area contributed by atoms with Crippen LogP contribution in [-0.2, 0) is 9.26 Å². The third-order valence-electron chi connectivity index (χ3n) is 6.63. The maximum absolute atomic E-state index is 6.81. The first kappa shape index (κ1) is 21.4. The smallest absolute Gasteiger partial charge is 0.192 e. The molecular weight excluding hydrogens is 326 g/mol. The van der Waals surface area contributed by atoms with Crippen molar-refractivity contribution in [2.75, 3.05) is 0 Å². The first-order valence-corrected chi connectivity index (χ1v) is 13.3. The van der Waals surface area contributed by atoms with Crippen LogP contribution in [0.15, 0.2) is 0 Å². The van der Waals surface area contributed by atoms with E-state index < -0.39 is 8.32 Å². The molecule has 0 atom stereocenters. The van der Waals surface area contributed by atoms with Crippen LogP contribution >= 0.6 is 0 Å². The predicted molar refractivity (Wildman–Crippen MR) is 109 cm³/mol. The van der Waals surface area contributed by atoms with Gasteiger partial charge >= 0.3 is 0 Å². The van der Waals surface area contributed by atoms with E-state index in [9.17, 15) is 0 Å². The molecule has 0 unspecified atom stereocenters. The largest absolute Gasteiger partial charge is 0.414 e. The van der Waals surface area contributed by atoms with Gasteiger partial charge in [-0.2, -0.15) is 5.06 Å². The molecule has 0 spiro atoms. The van der Waals surface area contributed by atoms with Crippen LogP contribution < -0.4 is 0 Å². The van der Waals surface area contributed by atoms with Gasteiger partial charge in [-0.3, -0.25) is 4.84 Å². The molecule has 2 rings (SSSR count). The fraction of sp³-hybridized carbons (Fsp3) is 1.00. The monoisotopic (exact) mass is 369 g/mol. The molecule has 0 aromatic rings. The summed E-state index contributed by atoms with van der Waals surface area (Å²) in [6.07, 6.45) is 9.27. The van der Waals surface area contributed by atoms with Crippen molar-refractivity contribution in [1.82, 2.24) is 5.06 Å². The van der Waals surface area contributed by atoms with Gasteiger partial charge in [0.2, 0.25) is 0 Å². The molecule has 0 aromatic heterocycles. The highest BCUT2D eigenvalue weighted by Crippen LogP contribution is 2.45. The Hall–Kier alpha value is 0.0969. The van der Waals surface area contributed by atoms with E-state index >= 15 is 0 Å². The minimum atomic E-state index is -1.74. The van der Waals surface area contributed by atoms with Gasteiger partial charge < -0.3 is 4.43 Å². The number of nitrogens with zero attached hydrogens (tertiary/aromatic N) is 1. The molecule has 1 saturated heterocycles. The molecule has 2 aliphatic rings. The highest BCUT2D eigenvalue weighted by Gasteiger charge is 2.50. The Kier molecular flexibility index (Phi) is 6.21. The zero-order chi connectivity index (χ0) is 19.1. The zero-order valence-electron chi connectivity index (χ0n) is 18.4. The maximum Gasteiger partial charge on any atom is 0.192 e. The van der Waals surface area contributed by atoms with Crippen LogP contribution in [0.25, 0.3) is 0 Å². The summed E-state index contributed by atoms with van der Waals surface area (Å²) >= 11 is 0. The second-order valence-corrected chi connectivity index (χ2v) is 15.9. The van der Waals surface area contributed by atoms with Crippen LogP contribution in [0.3, 0.4) is 0 Å². The van der Waals surface area contributed by atoms with E-state index in [0.29, 0.717) is 12.2 Å². The van der Waals surface area contributed by atoms with Crippen LogP contribution in [0, 0.1) is 0 Å². The van der Waals surface area contributed by atoms with Gasteiger partial charge in [-0.05, 0) is 71.5 Å². The molecule has 0 amide bonds. The molecule has 148 valence electrons. The molecule has 3 nitrogen and oxygen atoms in total. The molecule has 1 saturated carbocycles. The third kappa shape index (κ3) is 5.09. The molecule has 1 heterocycles. The lowest BCUT2D eigenvalue weighted by molar-refractivity contribution is -0.316. The predicted octanol–water partition coefficient (Wildman–Crippen LogP) is 6.29. The van der Waals surface area contributed by atoms with Gasteiger partial charge in [0.25, 0.3) is 0 Å². The van der Waals surface area contributed by atoms with Gasteiger partial charge in [-0.25, -0.2) is 0 Å². The fourth-order valence-corrected chi connectivity index (χ4v) is 5.81. The maximum atomic E-state index is 6.81. The molecule has 0 N–H and O–H groups in total. The van der Waals surface area contributed by atoms with Crippen molar-refractivity contribution in [3.05, 3.63) is 0 Å². The molecular formula is C21H43NO2Si. The van der Waals surface area contributed by atoms with Gasteiger partial charge in [0.05, 0.1) is 6.10 Å². The second kappa shape index (κ2) is 7.25. The quantitative estimate of drug-likeness (QED) is 0.543. The minimum absolute atomic E-state index is 0.00618. The summed E-state index contributed by atoms with van der Waals surface area (Å²) in [5, 5.41) is 2.60. The third-order valence-corrected chi connectivity index (χ3v) is 11.2. The zero-order valence-corrected chi connectivity index (χ0v) is 19.4. The Labute approximate surface area is 157 Å². The van der Waals surface area contributed by atoms with Crippen LogP contribution in [-0.4, -0.2) is 36.7 Å². The van der Waals surface area contributed by atoms with Crippen molar-refractivity contribution in [3.63, 3.8) is 0 Å². The van der Waals surface area contributed by atoms with Crippen LogP contribution in [0.4, 0.5) is 0 Å². The summed E-state index contributed by atoms with van der Waals surface area (Å²) in [4.78, 5) is 6.60. The Balaban J connectivity index is 2.10. The standard InChI is InChI=1S/C21H43NO2Si/c1-19(2,3)25(8,9)24-18-15-20(4,5)22(21(6,7)16-18)23-17-13-11-10-12-14-17/h17-18H,10-16H2,1-9H3. The highest BCUT2D eigenvalue weighted by molar-refractivity contribution is 6.74. The summed E-state index contributed by atoms with van der Waals surface area (Å²) in [5.41, 5.74) is 0.0124. The summed E-state index contributed by atoms with van der Waals surface area (Å²) < 4.78 is 6.81. The van der Waals surface area contributed by atoms with E-state index in [-0.39, 0.29) is 16.1 Å². The van der Waals surface area contributed by atoms with E-state index in [1.807, 2.05) is 0 Å². The molecule has 25 heavy (non-hydrogen) atoms. The lowest BCUT2D eigenvalue weighted by Gasteiger charge is -2.56. The van der Waals surface area contributed by atoms with E-state index in [4.69, 9.17) is 9.26 Å². The average molecular weight is 370 g/mol. The number of hydroxylamine groups is 2. The lowest BCUT2D eigenvalue weighted by Crippen LogP contribution is -2.64. The second-order valence-electron chi connectivity index (χ2n) is 11.2. The topological polar surface area (TPSA) is 21.7 Å². The first-order chi connectivity index (χ1) is 11.2. The van der Waals surface area contributed by atoms with Gasteiger partial charge in [0.1, 0.15) is 0 Å². The molecule has 1 aliphatic heterocycles. The van der Waals surface area contributed by atoms with E-state index in [2.05, 4.69) is 66.6 Å². The van der Waals surface area contributed by atoms with Crippen molar-refractivity contribution in [2.45, 2.75) is 135 Å². The normalized spacial score (nSPS) is 26.8. The van der Waals surface area contributed by atoms with E-state index in [0.717, 1.165) is 12.8 Å². The lowest BCUT2D eigenvalue weighted by atomic mass is 9.80. The number of hydrogen-bond acceptors (Lipinski definition) is 3. The highest BCUT2D eigenvalue weighted by atomic mass is 28.4.